The van der Waals surface area contributed by atoms with Gasteiger partial charge in [-0.2, -0.15) is 0 Å². The maximum absolute atomic E-state index is 12.9. The third-order valence-electron chi connectivity index (χ3n) is 6.30. The van der Waals surface area contributed by atoms with Gasteiger partial charge in [-0.1, -0.05) is 23.8 Å². The van der Waals surface area contributed by atoms with Gasteiger partial charge in [-0.05, 0) is 49.9 Å². The van der Waals surface area contributed by atoms with E-state index in [1.54, 1.807) is 12.4 Å². The first-order valence-corrected chi connectivity index (χ1v) is 11.0. The molecule has 0 radical (unpaired) electrons. The van der Waals surface area contributed by atoms with Gasteiger partial charge in [-0.3, -0.25) is 19.5 Å². The number of aryl methyl sites for hydroxylation is 1. The highest BCUT2D eigenvalue weighted by molar-refractivity contribution is 5.94. The number of likely N-dealkylation sites (tertiary alicyclic amines) is 2. The zero-order valence-electron chi connectivity index (χ0n) is 17.9. The molecule has 2 amide bonds. The second-order valence-corrected chi connectivity index (χ2v) is 8.57. The molecule has 0 unspecified atom stereocenters. The SMILES string of the molecule is Cc1cccc(C(=O)N2CCC(N3C[C@H](O)C[C@H]3C(=O)NCc3cccnc3)CC2)c1. The fraction of sp³-hybridized carbons (Fsp3) is 0.458. The Morgan fingerprint density at radius 1 is 1.19 bits per heavy atom. The lowest BCUT2D eigenvalue weighted by Crippen LogP contribution is -2.52. The topological polar surface area (TPSA) is 85.8 Å². The van der Waals surface area contributed by atoms with Gasteiger partial charge in [-0.25, -0.2) is 0 Å². The molecule has 7 heteroatoms. The van der Waals surface area contributed by atoms with Gasteiger partial charge in [0, 0.05) is 50.2 Å². The Morgan fingerprint density at radius 2 is 2.00 bits per heavy atom. The molecule has 1 aromatic heterocycles. The molecule has 2 fully saturated rings. The minimum absolute atomic E-state index is 0.0568. The summed E-state index contributed by atoms with van der Waals surface area (Å²) in [5.41, 5.74) is 2.75. The number of rotatable bonds is 5. The van der Waals surface area contributed by atoms with E-state index in [2.05, 4.69) is 15.2 Å². The summed E-state index contributed by atoms with van der Waals surface area (Å²) in [4.78, 5) is 33.8. The number of hydrogen-bond acceptors (Lipinski definition) is 5. The quantitative estimate of drug-likeness (QED) is 0.767. The van der Waals surface area contributed by atoms with Gasteiger partial charge in [-0.15, -0.1) is 0 Å². The van der Waals surface area contributed by atoms with Crippen LogP contribution < -0.4 is 5.32 Å². The molecule has 0 saturated carbocycles. The molecule has 2 aliphatic heterocycles. The van der Waals surface area contributed by atoms with Crippen molar-refractivity contribution in [2.45, 2.75) is 50.9 Å². The van der Waals surface area contributed by atoms with Crippen LogP contribution in [0.5, 0.6) is 0 Å². The maximum Gasteiger partial charge on any atom is 0.253 e. The first-order valence-electron chi connectivity index (χ1n) is 11.0. The molecule has 3 heterocycles. The van der Waals surface area contributed by atoms with E-state index in [1.807, 2.05) is 48.2 Å². The number of benzene rings is 1. The number of nitrogens with one attached hydrogen (secondary N) is 1. The van der Waals surface area contributed by atoms with E-state index in [1.165, 1.54) is 0 Å². The van der Waals surface area contributed by atoms with Crippen molar-refractivity contribution in [1.29, 1.82) is 0 Å². The Morgan fingerprint density at radius 3 is 2.71 bits per heavy atom. The lowest BCUT2D eigenvalue weighted by molar-refractivity contribution is -0.126. The van der Waals surface area contributed by atoms with Gasteiger partial charge in [0.05, 0.1) is 12.1 Å². The van der Waals surface area contributed by atoms with Crippen LogP contribution in [0.3, 0.4) is 0 Å². The smallest absolute Gasteiger partial charge is 0.253 e. The molecule has 31 heavy (non-hydrogen) atoms. The number of aliphatic hydroxyl groups excluding tert-OH is 1. The zero-order chi connectivity index (χ0) is 21.8. The third kappa shape index (κ3) is 5.11. The fourth-order valence-corrected chi connectivity index (χ4v) is 4.67. The highest BCUT2D eigenvalue weighted by Gasteiger charge is 2.41. The van der Waals surface area contributed by atoms with Gasteiger partial charge in [0.15, 0.2) is 0 Å². The van der Waals surface area contributed by atoms with Crippen molar-refractivity contribution in [3.8, 4) is 0 Å². The molecule has 2 aromatic rings. The van der Waals surface area contributed by atoms with E-state index >= 15 is 0 Å². The van der Waals surface area contributed by atoms with Crippen LogP contribution in [-0.2, 0) is 11.3 Å². The minimum Gasteiger partial charge on any atom is -0.392 e. The highest BCUT2D eigenvalue weighted by atomic mass is 16.3. The Hall–Kier alpha value is -2.77. The van der Waals surface area contributed by atoms with Crippen LogP contribution >= 0.6 is 0 Å². The summed E-state index contributed by atoms with van der Waals surface area (Å²) >= 11 is 0. The van der Waals surface area contributed by atoms with Crippen LogP contribution in [0.1, 0.15) is 40.7 Å². The summed E-state index contributed by atoms with van der Waals surface area (Å²) in [6, 6.07) is 11.3. The number of aliphatic hydroxyl groups is 1. The highest BCUT2D eigenvalue weighted by Crippen LogP contribution is 2.27. The molecule has 1 aromatic carbocycles. The molecular formula is C24H30N4O3. The Balaban J connectivity index is 1.34. The molecule has 0 spiro atoms. The predicted octanol–water partition coefficient (Wildman–Crippen LogP) is 1.75. The summed E-state index contributed by atoms with van der Waals surface area (Å²) in [7, 11) is 0. The minimum atomic E-state index is -0.499. The third-order valence-corrected chi connectivity index (χ3v) is 6.30. The van der Waals surface area contributed by atoms with Crippen molar-refractivity contribution in [3.05, 3.63) is 65.5 Å². The van der Waals surface area contributed by atoms with Gasteiger partial charge in [0.2, 0.25) is 5.91 Å². The van der Waals surface area contributed by atoms with Crippen molar-refractivity contribution in [2.75, 3.05) is 19.6 Å². The first-order chi connectivity index (χ1) is 15.0. The lowest BCUT2D eigenvalue weighted by atomic mass is 10.0. The van der Waals surface area contributed by atoms with Crippen LogP contribution in [0.2, 0.25) is 0 Å². The molecule has 7 nitrogen and oxygen atoms in total. The van der Waals surface area contributed by atoms with Gasteiger partial charge < -0.3 is 15.3 Å². The molecule has 4 rings (SSSR count). The normalized spacial score (nSPS) is 22.5. The average molecular weight is 423 g/mol. The molecule has 0 bridgehead atoms. The number of β-amino-alcohol motifs (C(OH)–C–C–N with tert-alkyl or cyclic N) is 1. The van der Waals surface area contributed by atoms with Crippen molar-refractivity contribution >= 4 is 11.8 Å². The largest absolute Gasteiger partial charge is 0.392 e. The van der Waals surface area contributed by atoms with Crippen molar-refractivity contribution < 1.29 is 14.7 Å². The molecule has 2 saturated heterocycles. The maximum atomic E-state index is 12.9. The summed E-state index contributed by atoms with van der Waals surface area (Å²) < 4.78 is 0. The first kappa shape index (κ1) is 21.5. The predicted molar refractivity (Wildman–Crippen MR) is 117 cm³/mol. The number of aromatic nitrogens is 1. The van der Waals surface area contributed by atoms with E-state index in [9.17, 15) is 14.7 Å². The van der Waals surface area contributed by atoms with E-state index in [4.69, 9.17) is 0 Å². The Bertz CT molecular complexity index is 912. The number of amides is 2. The number of nitrogens with zero attached hydrogens (tertiary/aromatic N) is 3. The van der Waals surface area contributed by atoms with Crippen molar-refractivity contribution in [2.24, 2.45) is 0 Å². The number of carbonyl (C=O) groups is 2. The standard InChI is InChI=1S/C24H30N4O3/c1-17-4-2-6-19(12-17)24(31)27-10-7-20(8-11-27)28-16-21(29)13-22(28)23(30)26-15-18-5-3-9-25-14-18/h2-6,9,12,14,20-22,29H,7-8,10-11,13,15-16H2,1H3,(H,26,30)/t21-,22+/m1/s1. The van der Waals surface area contributed by atoms with Crippen LogP contribution in [-0.4, -0.2) is 69.5 Å². The van der Waals surface area contributed by atoms with Gasteiger partial charge >= 0.3 is 0 Å². The second-order valence-electron chi connectivity index (χ2n) is 8.57. The molecule has 0 aliphatic carbocycles. The molecule has 2 aliphatic rings. The lowest BCUT2D eigenvalue weighted by Gasteiger charge is -2.39. The number of pyridine rings is 1. The number of carbonyl (C=O) groups excluding carboxylic acids is 2. The van der Waals surface area contributed by atoms with Crippen LogP contribution in [0.15, 0.2) is 48.8 Å². The fourth-order valence-electron chi connectivity index (χ4n) is 4.67. The van der Waals surface area contributed by atoms with E-state index in [0.29, 0.717) is 32.6 Å². The average Bonchev–Trinajstić information content (AvgIpc) is 3.19. The number of piperidine rings is 1. The summed E-state index contributed by atoms with van der Waals surface area (Å²) in [5, 5.41) is 13.2. The second kappa shape index (κ2) is 9.58. The zero-order valence-corrected chi connectivity index (χ0v) is 17.9. The van der Waals surface area contributed by atoms with Crippen molar-refractivity contribution in [1.82, 2.24) is 20.1 Å². The molecular weight excluding hydrogens is 392 g/mol. The van der Waals surface area contributed by atoms with E-state index in [0.717, 1.165) is 29.5 Å². The molecule has 2 atom stereocenters. The van der Waals surface area contributed by atoms with Gasteiger partial charge in [0.25, 0.3) is 5.91 Å². The monoisotopic (exact) mass is 422 g/mol. The van der Waals surface area contributed by atoms with Crippen LogP contribution in [0.4, 0.5) is 0 Å². The molecule has 164 valence electrons. The summed E-state index contributed by atoms with van der Waals surface area (Å²) in [6.45, 7) is 4.24. The molecule has 2 N–H and O–H groups in total. The Kier molecular flexibility index (Phi) is 6.63. The van der Waals surface area contributed by atoms with Crippen LogP contribution in [0, 0.1) is 6.92 Å². The van der Waals surface area contributed by atoms with E-state index < -0.39 is 6.10 Å². The summed E-state index contributed by atoms with van der Waals surface area (Å²) in [5.74, 6) is 0.00744. The Labute approximate surface area is 183 Å². The number of hydrogen-bond donors (Lipinski definition) is 2. The van der Waals surface area contributed by atoms with Gasteiger partial charge in [0.1, 0.15) is 0 Å². The van der Waals surface area contributed by atoms with Crippen molar-refractivity contribution in [3.63, 3.8) is 0 Å². The van der Waals surface area contributed by atoms with Crippen LogP contribution in [0.25, 0.3) is 0 Å². The van der Waals surface area contributed by atoms with E-state index in [-0.39, 0.29) is 23.9 Å². The summed E-state index contributed by atoms with van der Waals surface area (Å²) in [6.07, 6.45) is 4.99.